The van der Waals surface area contributed by atoms with E-state index in [2.05, 4.69) is 27.7 Å². The summed E-state index contributed by atoms with van der Waals surface area (Å²) in [6, 6.07) is 0. The molecule has 2 saturated heterocycles. The topological polar surface area (TPSA) is 82.2 Å². The Hall–Kier alpha value is -0.280. The lowest BCUT2D eigenvalue weighted by Gasteiger charge is -2.55. The van der Waals surface area contributed by atoms with Crippen molar-refractivity contribution < 1.29 is 33.5 Å². The van der Waals surface area contributed by atoms with Gasteiger partial charge in [0.05, 0.1) is 64.1 Å². The van der Waals surface area contributed by atoms with Crippen LogP contribution < -0.4 is 0 Å². The number of aliphatic hydroxyl groups excluding tert-OH is 1. The van der Waals surface area contributed by atoms with Crippen molar-refractivity contribution in [2.24, 2.45) is 21.7 Å². The maximum atomic E-state index is 10.9. The minimum Gasteiger partial charge on any atom is -0.388 e. The number of fused-ring (bicyclic) bond motifs is 4. The first-order chi connectivity index (χ1) is 18.0. The zero-order valence-corrected chi connectivity index (χ0v) is 24.3. The Morgan fingerprint density at radius 1 is 0.684 bits per heavy atom. The summed E-state index contributed by atoms with van der Waals surface area (Å²) in [6.07, 6.45) is 12.0. The molecule has 2 heterocycles. The average molecular weight is 537 g/mol. The third kappa shape index (κ3) is 6.45. The van der Waals surface area contributed by atoms with Crippen LogP contribution >= 0.6 is 0 Å². The number of aliphatic hydroxyl groups is 1. The fourth-order valence-corrected chi connectivity index (χ4v) is 9.17. The van der Waals surface area contributed by atoms with Gasteiger partial charge in [0.1, 0.15) is 18.3 Å². The third-order valence-corrected chi connectivity index (χ3v) is 10.9. The van der Waals surface area contributed by atoms with Crippen LogP contribution in [0.1, 0.15) is 91.9 Å². The maximum Gasteiger partial charge on any atom is 0.104 e. The van der Waals surface area contributed by atoms with Gasteiger partial charge in [-0.2, -0.15) is 0 Å². The molecule has 6 aliphatic rings. The molecule has 218 valence electrons. The van der Waals surface area contributed by atoms with Gasteiger partial charge in [-0.1, -0.05) is 27.7 Å². The van der Waals surface area contributed by atoms with E-state index < -0.39 is 6.10 Å². The Balaban J connectivity index is 0.977. The summed E-state index contributed by atoms with van der Waals surface area (Å²) in [4.78, 5) is 0. The lowest BCUT2D eigenvalue weighted by molar-refractivity contribution is -0.177. The SMILES string of the molecule is CC12CCC(OCC(O)COC3CC4(C)CCC(OCC5CO5)C(C)(C3)C4)C(C)(CC(OCC3CO3)C1)C2. The van der Waals surface area contributed by atoms with Crippen molar-refractivity contribution in [3.8, 4) is 0 Å². The molecule has 11 atom stereocenters. The fraction of sp³-hybridized carbons (Fsp3) is 1.00. The Kier molecular flexibility index (Phi) is 7.72. The van der Waals surface area contributed by atoms with Gasteiger partial charge in [0.25, 0.3) is 0 Å². The van der Waals surface area contributed by atoms with Crippen molar-refractivity contribution in [1.29, 1.82) is 0 Å². The van der Waals surface area contributed by atoms with Crippen LogP contribution in [-0.2, 0) is 28.4 Å². The van der Waals surface area contributed by atoms with E-state index in [0.29, 0.717) is 36.3 Å². The molecule has 7 heteroatoms. The highest BCUT2D eigenvalue weighted by Crippen LogP contribution is 2.58. The van der Waals surface area contributed by atoms with Gasteiger partial charge in [0, 0.05) is 0 Å². The van der Waals surface area contributed by atoms with Gasteiger partial charge in [-0.3, -0.25) is 0 Å². The molecule has 7 nitrogen and oxygen atoms in total. The number of ether oxygens (including phenoxy) is 6. The standard InChI is InChI=1S/C31H52O7/c1-28-8-6-27(38-18-25-17-36-25)31(4,20-28)11-22(9-28)33-13-21(32)14-37-26-5-7-29(2)10-23(12-30(26,3)19-29)34-15-24-16-35-24/h21-27,32H,5-20H2,1-4H3. The van der Waals surface area contributed by atoms with Gasteiger partial charge in [0.2, 0.25) is 0 Å². The van der Waals surface area contributed by atoms with Gasteiger partial charge in [-0.05, 0) is 85.9 Å². The summed E-state index contributed by atoms with van der Waals surface area (Å²) in [5.41, 5.74) is 0.831. The first-order valence-corrected chi connectivity index (χ1v) is 15.4. The monoisotopic (exact) mass is 536 g/mol. The van der Waals surface area contributed by atoms with Crippen molar-refractivity contribution in [1.82, 2.24) is 0 Å². The Bertz CT molecular complexity index is 829. The summed E-state index contributed by atoms with van der Waals surface area (Å²) in [7, 11) is 0. The van der Waals surface area contributed by atoms with E-state index in [1.165, 1.54) is 19.3 Å². The third-order valence-electron chi connectivity index (χ3n) is 10.9. The molecule has 2 aliphatic heterocycles. The molecular formula is C31H52O7. The molecule has 6 fully saturated rings. The second-order valence-electron chi connectivity index (χ2n) is 15.3. The zero-order chi connectivity index (χ0) is 26.6. The highest BCUT2D eigenvalue weighted by atomic mass is 16.6. The smallest absolute Gasteiger partial charge is 0.104 e. The Morgan fingerprint density at radius 3 is 1.71 bits per heavy atom. The van der Waals surface area contributed by atoms with Gasteiger partial charge < -0.3 is 33.5 Å². The van der Waals surface area contributed by atoms with Gasteiger partial charge in [-0.25, -0.2) is 0 Å². The fourth-order valence-electron chi connectivity index (χ4n) is 9.17. The molecule has 0 amide bonds. The molecule has 38 heavy (non-hydrogen) atoms. The molecule has 0 aromatic rings. The van der Waals surface area contributed by atoms with Crippen molar-refractivity contribution in [3.63, 3.8) is 0 Å². The lowest BCUT2D eigenvalue weighted by Crippen LogP contribution is -2.52. The largest absolute Gasteiger partial charge is 0.388 e. The van der Waals surface area contributed by atoms with Gasteiger partial charge >= 0.3 is 0 Å². The van der Waals surface area contributed by atoms with Crippen LogP contribution in [-0.4, -0.2) is 87.5 Å². The van der Waals surface area contributed by atoms with Crippen molar-refractivity contribution in [2.45, 2.75) is 135 Å². The van der Waals surface area contributed by atoms with Crippen molar-refractivity contribution in [2.75, 3.05) is 39.6 Å². The van der Waals surface area contributed by atoms with E-state index >= 15 is 0 Å². The molecule has 0 aromatic carbocycles. The predicted molar refractivity (Wildman–Crippen MR) is 143 cm³/mol. The molecule has 4 aliphatic carbocycles. The molecule has 4 saturated carbocycles. The number of hydrogen-bond donors (Lipinski definition) is 1. The Labute approximate surface area is 229 Å². The van der Waals surface area contributed by atoms with E-state index in [1.807, 2.05) is 0 Å². The van der Waals surface area contributed by atoms with E-state index in [-0.39, 0.29) is 35.2 Å². The summed E-state index contributed by atoms with van der Waals surface area (Å²) in [5, 5.41) is 10.9. The molecule has 0 spiro atoms. The van der Waals surface area contributed by atoms with E-state index in [1.54, 1.807) is 0 Å². The summed E-state index contributed by atoms with van der Waals surface area (Å²) in [6.45, 7) is 13.4. The summed E-state index contributed by atoms with van der Waals surface area (Å²) < 4.78 is 36.2. The van der Waals surface area contributed by atoms with Gasteiger partial charge in [0.15, 0.2) is 0 Å². The zero-order valence-electron chi connectivity index (χ0n) is 24.3. The molecule has 11 unspecified atom stereocenters. The highest BCUT2D eigenvalue weighted by Gasteiger charge is 2.53. The summed E-state index contributed by atoms with van der Waals surface area (Å²) in [5.74, 6) is 0. The van der Waals surface area contributed by atoms with Crippen molar-refractivity contribution in [3.05, 3.63) is 0 Å². The van der Waals surface area contributed by atoms with Gasteiger partial charge in [-0.15, -0.1) is 0 Å². The minimum atomic E-state index is -0.601. The van der Waals surface area contributed by atoms with E-state index in [4.69, 9.17) is 28.4 Å². The number of hydrogen-bond acceptors (Lipinski definition) is 7. The highest BCUT2D eigenvalue weighted by molar-refractivity contribution is 5.04. The quantitative estimate of drug-likeness (QED) is 0.363. The van der Waals surface area contributed by atoms with Crippen LogP contribution in [0.5, 0.6) is 0 Å². The first kappa shape index (κ1) is 27.9. The van der Waals surface area contributed by atoms with Crippen LogP contribution in [0.3, 0.4) is 0 Å². The number of rotatable bonds is 12. The van der Waals surface area contributed by atoms with Crippen LogP contribution in [0.15, 0.2) is 0 Å². The number of epoxide rings is 2. The van der Waals surface area contributed by atoms with Crippen LogP contribution in [0.2, 0.25) is 0 Å². The Morgan fingerprint density at radius 2 is 1.16 bits per heavy atom. The summed E-state index contributed by atoms with van der Waals surface area (Å²) >= 11 is 0. The maximum absolute atomic E-state index is 10.9. The first-order valence-electron chi connectivity index (χ1n) is 15.4. The van der Waals surface area contributed by atoms with Crippen LogP contribution in [0.4, 0.5) is 0 Å². The molecule has 0 radical (unpaired) electrons. The van der Waals surface area contributed by atoms with E-state index in [9.17, 15) is 5.11 Å². The van der Waals surface area contributed by atoms with Crippen LogP contribution in [0, 0.1) is 21.7 Å². The predicted octanol–water partition coefficient (Wildman–Crippen LogP) is 4.67. The minimum absolute atomic E-state index is 0.0887. The molecule has 0 aromatic heterocycles. The second-order valence-corrected chi connectivity index (χ2v) is 15.3. The van der Waals surface area contributed by atoms with E-state index in [0.717, 1.165) is 71.4 Å². The van der Waals surface area contributed by atoms with Crippen molar-refractivity contribution >= 4 is 0 Å². The lowest BCUT2D eigenvalue weighted by atomic mass is 9.54. The van der Waals surface area contributed by atoms with Crippen LogP contribution in [0.25, 0.3) is 0 Å². The second kappa shape index (κ2) is 10.5. The molecule has 6 rings (SSSR count). The average Bonchev–Trinajstić information content (AvgIpc) is 3.74. The normalized spacial score (nSPS) is 50.4. The molecular weight excluding hydrogens is 484 g/mol. The molecule has 1 N–H and O–H groups in total. The molecule has 4 bridgehead atoms.